The van der Waals surface area contributed by atoms with Gasteiger partial charge in [0.25, 0.3) is 0 Å². The van der Waals surface area contributed by atoms with Crippen LogP contribution in [0.1, 0.15) is 58.3 Å². The minimum absolute atomic E-state index is 0.0322. The smallest absolute Gasteiger partial charge is 0.167 e. The molecule has 120 valence electrons. The van der Waals surface area contributed by atoms with Crippen LogP contribution in [0.5, 0.6) is 0 Å². The summed E-state index contributed by atoms with van der Waals surface area (Å²) in [6.07, 6.45) is 6.50. The molecule has 0 aromatic heterocycles. The van der Waals surface area contributed by atoms with Gasteiger partial charge >= 0.3 is 0 Å². The highest BCUT2D eigenvalue weighted by Gasteiger charge is 2.47. The van der Waals surface area contributed by atoms with Gasteiger partial charge < -0.3 is 14.6 Å². The Labute approximate surface area is 127 Å². The van der Waals surface area contributed by atoms with Gasteiger partial charge in [0.05, 0.1) is 5.60 Å². The summed E-state index contributed by atoms with van der Waals surface area (Å²) in [5, 5.41) is 10.8. The van der Waals surface area contributed by atoms with Crippen molar-refractivity contribution >= 4 is 5.78 Å². The first kappa shape index (κ1) is 15.4. The maximum atomic E-state index is 12.9. The molecule has 0 radical (unpaired) electrons. The molecule has 0 bridgehead atoms. The van der Waals surface area contributed by atoms with Gasteiger partial charge in [-0.25, -0.2) is 0 Å². The van der Waals surface area contributed by atoms with Gasteiger partial charge in [0.1, 0.15) is 5.60 Å². The van der Waals surface area contributed by atoms with Crippen molar-refractivity contribution in [2.75, 3.05) is 19.8 Å². The number of Topliss-reactive ketones (excluding diaryl/α,β-unsaturated/α-hetero) is 1. The van der Waals surface area contributed by atoms with Crippen molar-refractivity contribution in [2.24, 2.45) is 11.8 Å². The van der Waals surface area contributed by atoms with Crippen molar-refractivity contribution in [3.05, 3.63) is 0 Å². The normalized spacial score (nSPS) is 40.1. The monoisotopic (exact) mass is 296 g/mol. The molecular weight excluding hydrogens is 268 g/mol. The lowest BCUT2D eigenvalue weighted by Crippen LogP contribution is -2.51. The fourth-order valence-electron chi connectivity index (χ4n) is 4.21. The Morgan fingerprint density at radius 2 is 1.71 bits per heavy atom. The van der Waals surface area contributed by atoms with Gasteiger partial charge in [-0.3, -0.25) is 4.79 Å². The Hall–Kier alpha value is -0.450. The lowest BCUT2D eigenvalue weighted by molar-refractivity contribution is -0.169. The fraction of sp³-hybridized carbons (Fsp3) is 0.941. The van der Waals surface area contributed by atoms with Crippen LogP contribution in [-0.4, -0.2) is 41.9 Å². The molecule has 4 heteroatoms. The Kier molecular flexibility index (Phi) is 4.40. The van der Waals surface area contributed by atoms with E-state index >= 15 is 0 Å². The molecule has 3 fully saturated rings. The van der Waals surface area contributed by atoms with Crippen molar-refractivity contribution in [2.45, 2.75) is 69.5 Å². The molecule has 0 aromatic carbocycles. The van der Waals surface area contributed by atoms with E-state index in [4.69, 9.17) is 9.47 Å². The first-order valence-corrected chi connectivity index (χ1v) is 8.51. The van der Waals surface area contributed by atoms with E-state index in [0.717, 1.165) is 51.7 Å². The third-order valence-electron chi connectivity index (χ3n) is 5.83. The van der Waals surface area contributed by atoms with Crippen LogP contribution in [0, 0.1) is 11.8 Å². The van der Waals surface area contributed by atoms with Crippen molar-refractivity contribution in [3.8, 4) is 0 Å². The van der Waals surface area contributed by atoms with Gasteiger partial charge in [-0.15, -0.1) is 0 Å². The molecule has 2 aliphatic heterocycles. The number of ether oxygens (including phenoxy) is 2. The molecule has 2 saturated heterocycles. The third-order valence-corrected chi connectivity index (χ3v) is 5.83. The number of ketones is 1. The van der Waals surface area contributed by atoms with E-state index < -0.39 is 5.60 Å². The molecule has 3 aliphatic rings. The highest BCUT2D eigenvalue weighted by Crippen LogP contribution is 2.41. The van der Waals surface area contributed by atoms with Crippen LogP contribution in [0.3, 0.4) is 0 Å². The summed E-state index contributed by atoms with van der Waals surface area (Å²) in [4.78, 5) is 12.9. The summed E-state index contributed by atoms with van der Waals surface area (Å²) in [5.74, 6) is 0.688. The van der Waals surface area contributed by atoms with E-state index in [2.05, 4.69) is 6.92 Å². The van der Waals surface area contributed by atoms with Crippen LogP contribution in [0.25, 0.3) is 0 Å². The minimum Gasteiger partial charge on any atom is -0.382 e. The van der Waals surface area contributed by atoms with Crippen molar-refractivity contribution < 1.29 is 19.4 Å². The van der Waals surface area contributed by atoms with E-state index in [9.17, 15) is 9.90 Å². The van der Waals surface area contributed by atoms with Gasteiger partial charge in [-0.05, 0) is 57.3 Å². The molecule has 0 aromatic rings. The quantitative estimate of drug-likeness (QED) is 0.850. The standard InChI is InChI=1S/C17H28O4/c1-13-2-5-17(19,6-3-13)15(18)14-4-9-21-16(12-14)7-10-20-11-8-16/h13-14,19H,2-12H2,1H3. The zero-order valence-corrected chi connectivity index (χ0v) is 13.1. The van der Waals surface area contributed by atoms with Gasteiger partial charge in [0.15, 0.2) is 5.78 Å². The molecule has 1 unspecified atom stereocenters. The molecule has 21 heavy (non-hydrogen) atoms. The second-order valence-electron chi connectivity index (χ2n) is 7.41. The summed E-state index contributed by atoms with van der Waals surface area (Å²) in [6.45, 7) is 4.30. The van der Waals surface area contributed by atoms with E-state index in [1.807, 2.05) is 0 Å². The number of rotatable bonds is 2. The highest BCUT2D eigenvalue weighted by molar-refractivity contribution is 5.89. The van der Waals surface area contributed by atoms with E-state index in [1.54, 1.807) is 0 Å². The average Bonchev–Trinajstić information content (AvgIpc) is 2.50. The number of carbonyl (C=O) groups is 1. The number of carbonyl (C=O) groups excluding carboxylic acids is 1. The van der Waals surface area contributed by atoms with Crippen LogP contribution in [0.2, 0.25) is 0 Å². The molecule has 1 aliphatic carbocycles. The van der Waals surface area contributed by atoms with Crippen molar-refractivity contribution in [3.63, 3.8) is 0 Å². The Balaban J connectivity index is 1.66. The van der Waals surface area contributed by atoms with E-state index in [0.29, 0.717) is 25.4 Å². The van der Waals surface area contributed by atoms with Crippen LogP contribution < -0.4 is 0 Å². The first-order valence-electron chi connectivity index (χ1n) is 8.51. The summed E-state index contributed by atoms with van der Waals surface area (Å²) in [5.41, 5.74) is -1.24. The minimum atomic E-state index is -1.07. The van der Waals surface area contributed by atoms with E-state index in [1.165, 1.54) is 0 Å². The largest absolute Gasteiger partial charge is 0.382 e. The zero-order valence-electron chi connectivity index (χ0n) is 13.1. The topological polar surface area (TPSA) is 55.8 Å². The Morgan fingerprint density at radius 3 is 2.38 bits per heavy atom. The summed E-state index contributed by atoms with van der Waals surface area (Å²) in [7, 11) is 0. The summed E-state index contributed by atoms with van der Waals surface area (Å²) < 4.78 is 11.4. The zero-order chi connectivity index (χ0) is 14.9. The van der Waals surface area contributed by atoms with Crippen molar-refractivity contribution in [1.82, 2.24) is 0 Å². The second kappa shape index (κ2) is 5.98. The van der Waals surface area contributed by atoms with Crippen LogP contribution in [0.15, 0.2) is 0 Å². The lowest BCUT2D eigenvalue weighted by Gasteiger charge is -2.45. The number of hydrogen-bond donors (Lipinski definition) is 1. The molecular formula is C17H28O4. The van der Waals surface area contributed by atoms with Crippen LogP contribution >= 0.6 is 0 Å². The predicted octanol–water partition coefficient (Wildman–Crippen LogP) is 2.47. The maximum absolute atomic E-state index is 12.9. The Morgan fingerprint density at radius 1 is 1.05 bits per heavy atom. The van der Waals surface area contributed by atoms with Gasteiger partial charge in [0, 0.05) is 25.7 Å². The molecule has 2 heterocycles. The Bertz CT molecular complexity index is 373. The number of hydrogen-bond acceptors (Lipinski definition) is 4. The average molecular weight is 296 g/mol. The first-order chi connectivity index (χ1) is 10.0. The van der Waals surface area contributed by atoms with Crippen LogP contribution in [-0.2, 0) is 14.3 Å². The summed E-state index contributed by atoms with van der Waals surface area (Å²) in [6, 6.07) is 0. The fourth-order valence-corrected chi connectivity index (χ4v) is 4.21. The van der Waals surface area contributed by atoms with Gasteiger partial charge in [0.2, 0.25) is 0 Å². The van der Waals surface area contributed by atoms with Crippen molar-refractivity contribution in [1.29, 1.82) is 0 Å². The van der Waals surface area contributed by atoms with Gasteiger partial charge in [-0.1, -0.05) is 6.92 Å². The summed E-state index contributed by atoms with van der Waals surface area (Å²) >= 11 is 0. The SMILES string of the molecule is CC1CCC(O)(C(=O)C2CCOC3(CCOCC3)C2)CC1. The molecule has 4 nitrogen and oxygen atoms in total. The predicted molar refractivity (Wildman–Crippen MR) is 79.0 cm³/mol. The molecule has 3 rings (SSSR count). The highest BCUT2D eigenvalue weighted by atomic mass is 16.5. The lowest BCUT2D eigenvalue weighted by atomic mass is 9.70. The number of aliphatic hydroxyl groups is 1. The maximum Gasteiger partial charge on any atom is 0.167 e. The molecule has 1 atom stereocenters. The second-order valence-corrected chi connectivity index (χ2v) is 7.41. The van der Waals surface area contributed by atoms with E-state index in [-0.39, 0.29) is 17.3 Å². The van der Waals surface area contributed by atoms with Gasteiger partial charge in [-0.2, -0.15) is 0 Å². The third kappa shape index (κ3) is 3.17. The molecule has 1 saturated carbocycles. The van der Waals surface area contributed by atoms with Crippen LogP contribution in [0.4, 0.5) is 0 Å². The molecule has 0 amide bonds. The molecule has 1 N–H and O–H groups in total. The molecule has 1 spiro atoms.